The number of nitrogens with one attached hydrogen (secondary N) is 3. The number of amidine groups is 1. The van der Waals surface area contributed by atoms with E-state index in [0.717, 1.165) is 0 Å². The maximum atomic E-state index is 13.2. The van der Waals surface area contributed by atoms with Crippen molar-refractivity contribution in [3.8, 4) is 0 Å². The van der Waals surface area contributed by atoms with Gasteiger partial charge in [-0.3, -0.25) is 10.7 Å². The van der Waals surface area contributed by atoms with Crippen molar-refractivity contribution < 1.29 is 18.4 Å². The molecule has 1 aromatic carbocycles. The van der Waals surface area contributed by atoms with E-state index >= 15 is 0 Å². The van der Waals surface area contributed by atoms with Crippen LogP contribution in [-0.4, -0.2) is 38.7 Å². The lowest BCUT2D eigenvalue weighted by Crippen LogP contribution is -2.29. The summed E-state index contributed by atoms with van der Waals surface area (Å²) in [5, 5.41) is 24.5. The van der Waals surface area contributed by atoms with Gasteiger partial charge in [-0.2, -0.15) is 0 Å². The van der Waals surface area contributed by atoms with Crippen LogP contribution in [0, 0.1) is 5.82 Å². The number of hydroxylamine groups is 1. The molecular formula is C11H13BrFN7O3S. The number of halogens is 2. The van der Waals surface area contributed by atoms with Crippen LogP contribution in [0.3, 0.4) is 0 Å². The second kappa shape index (κ2) is 8.79. The van der Waals surface area contributed by atoms with Crippen LogP contribution in [-0.2, 0) is 11.2 Å². The molecule has 130 valence electrons. The molecule has 0 spiro atoms. The minimum Gasteiger partial charge on any atom is -0.364 e. The Morgan fingerprint density at radius 1 is 1.46 bits per heavy atom. The number of nitrogens with zero attached hydrogens (tertiary/aromatic N) is 3. The van der Waals surface area contributed by atoms with Gasteiger partial charge in [0.05, 0.1) is 10.2 Å². The van der Waals surface area contributed by atoms with E-state index in [0.29, 0.717) is 18.8 Å². The van der Waals surface area contributed by atoms with Crippen molar-refractivity contribution in [3.05, 3.63) is 34.2 Å². The lowest BCUT2D eigenvalue weighted by Gasteiger charge is -2.06. The summed E-state index contributed by atoms with van der Waals surface area (Å²) in [6.45, 7) is 0.601. The summed E-state index contributed by atoms with van der Waals surface area (Å²) in [5.74, 6) is -0.309. The van der Waals surface area contributed by atoms with Crippen LogP contribution in [0.1, 0.15) is 5.69 Å². The summed E-state index contributed by atoms with van der Waals surface area (Å²) in [4.78, 5) is 4.11. The highest BCUT2D eigenvalue weighted by Gasteiger charge is 2.16. The number of aliphatic imine (C=N–C) groups is 1. The highest BCUT2D eigenvalue weighted by Crippen LogP contribution is 2.23. The van der Waals surface area contributed by atoms with Gasteiger partial charge in [0.1, 0.15) is 5.82 Å². The first-order valence-corrected chi connectivity index (χ1v) is 8.42. The second-order valence-electron chi connectivity index (χ2n) is 4.25. The molecular weight excluding hydrogens is 409 g/mol. The van der Waals surface area contributed by atoms with Gasteiger partial charge in [-0.15, -0.1) is 0 Å². The summed E-state index contributed by atoms with van der Waals surface area (Å²) in [7, 11) is 0. The van der Waals surface area contributed by atoms with E-state index in [1.165, 1.54) is 18.2 Å². The normalized spacial score (nSPS) is 12.9. The Bertz CT molecular complexity index is 757. The highest BCUT2D eigenvalue weighted by atomic mass is 79.9. The fraction of sp³-hybridized carbons (Fsp3) is 0.182. The minimum absolute atomic E-state index is 0.0624. The van der Waals surface area contributed by atoms with E-state index in [-0.39, 0.29) is 21.8 Å². The van der Waals surface area contributed by atoms with Crippen molar-refractivity contribution in [3.63, 3.8) is 0 Å². The topological polar surface area (TPSA) is 151 Å². The number of benzene rings is 1. The molecule has 0 saturated carbocycles. The van der Waals surface area contributed by atoms with Gasteiger partial charge in [0, 0.05) is 13.1 Å². The van der Waals surface area contributed by atoms with Crippen LogP contribution >= 0.6 is 15.9 Å². The van der Waals surface area contributed by atoms with Gasteiger partial charge >= 0.3 is 0 Å². The molecule has 1 heterocycles. The van der Waals surface area contributed by atoms with Gasteiger partial charge in [0.2, 0.25) is 5.82 Å². The van der Waals surface area contributed by atoms with Crippen LogP contribution in [0.2, 0.25) is 0 Å². The van der Waals surface area contributed by atoms with E-state index in [9.17, 15) is 13.8 Å². The average molecular weight is 422 g/mol. The van der Waals surface area contributed by atoms with Crippen molar-refractivity contribution in [2.24, 2.45) is 10.1 Å². The Kier molecular flexibility index (Phi) is 6.74. The highest BCUT2D eigenvalue weighted by molar-refractivity contribution is 9.10. The van der Waals surface area contributed by atoms with E-state index in [1.54, 1.807) is 0 Å². The average Bonchev–Trinajstić information content (AvgIpc) is 3.00. The molecule has 0 aliphatic rings. The Morgan fingerprint density at radius 3 is 2.92 bits per heavy atom. The molecule has 0 fully saturated rings. The summed E-state index contributed by atoms with van der Waals surface area (Å²) in [6, 6.07) is 4.06. The Morgan fingerprint density at radius 2 is 2.25 bits per heavy atom. The smallest absolute Gasteiger partial charge is 0.202 e. The predicted octanol–water partition coefficient (Wildman–Crippen LogP) is 0.567. The maximum absolute atomic E-state index is 13.2. The van der Waals surface area contributed by atoms with E-state index in [2.05, 4.69) is 45.9 Å². The number of aromatic nitrogens is 2. The Hall–Kier alpha value is -1.93. The number of hydrogen-bond acceptors (Lipinski definition) is 7. The Labute approximate surface area is 146 Å². The van der Waals surface area contributed by atoms with Crippen LogP contribution in [0.4, 0.5) is 15.9 Å². The second-order valence-corrected chi connectivity index (χ2v) is 5.99. The molecule has 1 atom stereocenters. The van der Waals surface area contributed by atoms with E-state index < -0.39 is 17.0 Å². The molecule has 0 radical (unpaired) electrons. The standard InChI is InChI=1S/C11H13BrFN7O3S/c12-7-5-6(1-2-8(7)13)17-11(18-21)9-10(20-23-19-9)15-3-4-16-24(14)22/h1-2,5,16,21H,3-4,14H2,(H,15,20)(H,17,18). The zero-order valence-electron chi connectivity index (χ0n) is 12.0. The first-order chi connectivity index (χ1) is 11.5. The fourth-order valence-electron chi connectivity index (χ4n) is 1.61. The quantitative estimate of drug-likeness (QED) is 0.189. The van der Waals surface area contributed by atoms with Gasteiger partial charge in [-0.05, 0) is 44.4 Å². The van der Waals surface area contributed by atoms with Gasteiger partial charge in [-0.1, -0.05) is 0 Å². The molecule has 0 saturated heterocycles. The van der Waals surface area contributed by atoms with Gasteiger partial charge in [0.25, 0.3) is 0 Å². The van der Waals surface area contributed by atoms with Crippen LogP contribution in [0.5, 0.6) is 0 Å². The first-order valence-electron chi connectivity index (χ1n) is 6.41. The van der Waals surface area contributed by atoms with Crippen LogP contribution in [0.15, 0.2) is 32.3 Å². The molecule has 1 aromatic heterocycles. The zero-order valence-corrected chi connectivity index (χ0v) is 14.4. The SMILES string of the molecule is NS(=O)NCCNc1nonc1C(=Nc1ccc(F)c(Br)c1)NO. The third-order valence-corrected chi connectivity index (χ3v) is 3.72. The molecule has 2 aromatic rings. The Balaban J connectivity index is 2.15. The third-order valence-electron chi connectivity index (χ3n) is 2.62. The minimum atomic E-state index is -1.62. The molecule has 10 nitrogen and oxygen atoms in total. The summed E-state index contributed by atoms with van der Waals surface area (Å²) >= 11 is 1.43. The van der Waals surface area contributed by atoms with Crippen molar-refractivity contribution >= 4 is 44.4 Å². The lowest BCUT2D eigenvalue weighted by atomic mass is 10.3. The fourth-order valence-corrected chi connectivity index (χ4v) is 2.28. The molecule has 0 bridgehead atoms. The molecule has 0 aliphatic carbocycles. The van der Waals surface area contributed by atoms with Crippen molar-refractivity contribution in [2.45, 2.75) is 0 Å². The maximum Gasteiger partial charge on any atom is 0.202 e. The largest absolute Gasteiger partial charge is 0.364 e. The van der Waals surface area contributed by atoms with Crippen LogP contribution < -0.4 is 20.7 Å². The molecule has 24 heavy (non-hydrogen) atoms. The molecule has 1 unspecified atom stereocenters. The number of hydrogen-bond donors (Lipinski definition) is 5. The monoisotopic (exact) mass is 421 g/mol. The zero-order chi connectivity index (χ0) is 17.5. The molecule has 13 heteroatoms. The molecule has 0 amide bonds. The van der Waals surface area contributed by atoms with E-state index in [1.807, 2.05) is 5.48 Å². The molecule has 0 aliphatic heterocycles. The number of nitrogens with two attached hydrogens (primary N) is 1. The number of rotatable bonds is 7. The molecule has 2 rings (SSSR count). The van der Waals surface area contributed by atoms with E-state index in [4.69, 9.17) is 5.14 Å². The van der Waals surface area contributed by atoms with Crippen molar-refractivity contribution in [1.29, 1.82) is 0 Å². The van der Waals surface area contributed by atoms with Crippen molar-refractivity contribution in [1.82, 2.24) is 20.5 Å². The first kappa shape index (κ1) is 18.4. The van der Waals surface area contributed by atoms with Gasteiger partial charge in [0.15, 0.2) is 22.7 Å². The van der Waals surface area contributed by atoms with Gasteiger partial charge in [-0.25, -0.2) is 28.1 Å². The summed E-state index contributed by atoms with van der Waals surface area (Å²) < 4.78 is 31.3. The van der Waals surface area contributed by atoms with Gasteiger partial charge < -0.3 is 5.32 Å². The van der Waals surface area contributed by atoms with Crippen LogP contribution in [0.25, 0.3) is 0 Å². The lowest BCUT2D eigenvalue weighted by molar-refractivity contribution is 0.234. The summed E-state index contributed by atoms with van der Waals surface area (Å²) in [6.07, 6.45) is 0. The predicted molar refractivity (Wildman–Crippen MR) is 88.3 cm³/mol. The third kappa shape index (κ3) is 5.04. The number of anilines is 1. The summed E-state index contributed by atoms with van der Waals surface area (Å²) in [5.41, 5.74) is 2.35. The molecule has 6 N–H and O–H groups in total. The van der Waals surface area contributed by atoms with Crippen molar-refractivity contribution in [2.75, 3.05) is 18.4 Å².